The van der Waals surface area contributed by atoms with Crippen molar-refractivity contribution in [2.24, 2.45) is 0 Å². The van der Waals surface area contributed by atoms with Gasteiger partial charge < -0.3 is 14.9 Å². The van der Waals surface area contributed by atoms with Crippen LogP contribution in [0.5, 0.6) is 0 Å². The number of hydrogen-bond acceptors (Lipinski definition) is 6. The van der Waals surface area contributed by atoms with E-state index < -0.39 is 24.0 Å². The van der Waals surface area contributed by atoms with Crippen LogP contribution in [0.4, 0.5) is 0 Å². The largest absolute Gasteiger partial charge is 0.386 e. The Kier molecular flexibility index (Phi) is 2.53. The highest BCUT2D eigenvalue weighted by Crippen LogP contribution is 2.27. The van der Waals surface area contributed by atoms with E-state index in [0.717, 1.165) is 12.1 Å². The molecule has 0 radical (unpaired) electrons. The third-order valence-electron chi connectivity index (χ3n) is 2.47. The molecule has 0 amide bonds. The normalized spacial score (nSPS) is 13.9. The summed E-state index contributed by atoms with van der Waals surface area (Å²) in [5.74, 6) is -2.14. The highest BCUT2D eigenvalue weighted by molar-refractivity contribution is 6.16. The topological polar surface area (TPSA) is 101 Å². The first-order valence-electron chi connectivity index (χ1n) is 4.73. The predicted molar refractivity (Wildman–Crippen MR) is 53.4 cm³/mol. The number of carbonyl (C=O) groups is 3. The zero-order chi connectivity index (χ0) is 12.7. The van der Waals surface area contributed by atoms with Crippen LogP contribution in [0.3, 0.4) is 0 Å². The number of ketones is 1. The van der Waals surface area contributed by atoms with Gasteiger partial charge in [0, 0.05) is 11.1 Å². The Morgan fingerprint density at radius 2 is 1.71 bits per heavy atom. The van der Waals surface area contributed by atoms with Gasteiger partial charge in [-0.2, -0.15) is 0 Å². The lowest BCUT2D eigenvalue weighted by molar-refractivity contribution is -0.0429. The van der Waals surface area contributed by atoms with E-state index in [1.807, 2.05) is 0 Å². The second-order valence-corrected chi connectivity index (χ2v) is 3.59. The van der Waals surface area contributed by atoms with Crippen molar-refractivity contribution in [1.29, 1.82) is 0 Å². The Bertz CT molecular complexity index is 543. The third-order valence-corrected chi connectivity index (χ3v) is 2.47. The molecule has 0 bridgehead atoms. The predicted octanol–water partition coefficient (Wildman–Crippen LogP) is 0.183. The summed E-state index contributed by atoms with van der Waals surface area (Å²) in [5, 5.41) is 18.2. The highest BCUT2D eigenvalue weighted by atomic mass is 16.6. The summed E-state index contributed by atoms with van der Waals surface area (Å²) in [6, 6.07) is 2.23. The Hall–Kier alpha value is -2.05. The monoisotopic (exact) mass is 236 g/mol. The fourth-order valence-electron chi connectivity index (χ4n) is 1.67. The van der Waals surface area contributed by atoms with E-state index >= 15 is 0 Å². The van der Waals surface area contributed by atoms with Gasteiger partial charge in [-0.3, -0.25) is 4.79 Å². The molecule has 2 rings (SSSR count). The molecule has 0 saturated heterocycles. The van der Waals surface area contributed by atoms with Crippen LogP contribution in [-0.4, -0.2) is 27.9 Å². The van der Waals surface area contributed by atoms with E-state index in [-0.39, 0.29) is 22.3 Å². The number of aliphatic hydroxyl groups excluding tert-OH is 1. The number of benzene rings is 1. The van der Waals surface area contributed by atoms with E-state index in [2.05, 4.69) is 4.74 Å². The van der Waals surface area contributed by atoms with Gasteiger partial charge in [-0.1, -0.05) is 0 Å². The maximum atomic E-state index is 11.3. The lowest BCUT2D eigenvalue weighted by atomic mass is 9.97. The first-order valence-corrected chi connectivity index (χ1v) is 4.73. The first kappa shape index (κ1) is 11.4. The van der Waals surface area contributed by atoms with Crippen molar-refractivity contribution in [3.63, 3.8) is 0 Å². The molecule has 1 aliphatic rings. The summed E-state index contributed by atoms with van der Waals surface area (Å²) in [4.78, 5) is 33.8. The van der Waals surface area contributed by atoms with Crippen LogP contribution in [-0.2, 0) is 4.74 Å². The lowest BCUT2D eigenvalue weighted by Gasteiger charge is -2.09. The summed E-state index contributed by atoms with van der Waals surface area (Å²) < 4.78 is 4.35. The number of ether oxygens (including phenoxy) is 1. The molecule has 0 spiro atoms. The van der Waals surface area contributed by atoms with Crippen LogP contribution >= 0.6 is 0 Å². The summed E-state index contributed by atoms with van der Waals surface area (Å²) in [6.07, 6.45) is -1.90. The minimum absolute atomic E-state index is 0.0228. The maximum Gasteiger partial charge on any atom is 0.346 e. The molecule has 1 aromatic carbocycles. The van der Waals surface area contributed by atoms with Gasteiger partial charge in [-0.15, -0.1) is 0 Å². The van der Waals surface area contributed by atoms with Crippen LogP contribution in [0.25, 0.3) is 0 Å². The second kappa shape index (κ2) is 3.76. The number of esters is 2. The molecule has 0 atom stereocenters. The van der Waals surface area contributed by atoms with Crippen molar-refractivity contribution >= 4 is 17.7 Å². The van der Waals surface area contributed by atoms with Crippen molar-refractivity contribution in [1.82, 2.24) is 0 Å². The zero-order valence-electron chi connectivity index (χ0n) is 8.76. The maximum absolute atomic E-state index is 11.3. The van der Waals surface area contributed by atoms with Gasteiger partial charge >= 0.3 is 11.9 Å². The smallest absolute Gasteiger partial charge is 0.346 e. The average Bonchev–Trinajstić information content (AvgIpc) is 2.52. The van der Waals surface area contributed by atoms with Gasteiger partial charge in [0.2, 0.25) is 0 Å². The fourth-order valence-corrected chi connectivity index (χ4v) is 1.67. The quantitative estimate of drug-likeness (QED) is 0.329. The number of hydrogen-bond donors (Lipinski definition) is 2. The molecular weight excluding hydrogens is 228 g/mol. The number of Topliss-reactive ketones (excluding diaryl/α,β-unsaturated/α-hetero) is 1. The Morgan fingerprint density at radius 3 is 2.18 bits per heavy atom. The van der Waals surface area contributed by atoms with Gasteiger partial charge in [0.25, 0.3) is 0 Å². The molecule has 0 aliphatic carbocycles. The number of cyclic esters (lactones) is 2. The van der Waals surface area contributed by atoms with Crippen molar-refractivity contribution in [3.8, 4) is 0 Å². The van der Waals surface area contributed by atoms with Crippen LogP contribution in [0.1, 0.15) is 49.9 Å². The molecule has 88 valence electrons. The van der Waals surface area contributed by atoms with E-state index in [1.54, 1.807) is 0 Å². The van der Waals surface area contributed by atoms with E-state index in [9.17, 15) is 14.4 Å². The van der Waals surface area contributed by atoms with Crippen LogP contribution < -0.4 is 0 Å². The molecule has 6 heteroatoms. The van der Waals surface area contributed by atoms with Gasteiger partial charge in [-0.25, -0.2) is 9.59 Å². The zero-order valence-corrected chi connectivity index (χ0v) is 8.76. The molecule has 6 nitrogen and oxygen atoms in total. The third kappa shape index (κ3) is 1.73. The van der Waals surface area contributed by atoms with Crippen molar-refractivity contribution in [2.45, 2.75) is 13.2 Å². The lowest BCUT2D eigenvalue weighted by Crippen LogP contribution is -2.08. The van der Waals surface area contributed by atoms with Crippen molar-refractivity contribution < 1.29 is 29.3 Å². The number of fused-ring (bicyclic) bond motifs is 1. The highest BCUT2D eigenvalue weighted by Gasteiger charge is 2.32. The summed E-state index contributed by atoms with van der Waals surface area (Å²) in [7, 11) is 0. The van der Waals surface area contributed by atoms with Crippen molar-refractivity contribution in [2.75, 3.05) is 0 Å². The number of rotatable bonds is 2. The standard InChI is InChI=1S/C11H8O6/c1-4(12)5-2-7-8(3-6(5)9(13)14)11(16)17-10(7)15/h2-3,9,13-14H,1H3. The molecule has 2 N–H and O–H groups in total. The van der Waals surface area contributed by atoms with E-state index in [4.69, 9.17) is 10.2 Å². The summed E-state index contributed by atoms with van der Waals surface area (Å²) in [5.41, 5.74) is -0.249. The summed E-state index contributed by atoms with van der Waals surface area (Å²) >= 11 is 0. The Morgan fingerprint density at radius 1 is 1.18 bits per heavy atom. The molecule has 1 aliphatic heterocycles. The van der Waals surface area contributed by atoms with Crippen LogP contribution in [0.15, 0.2) is 12.1 Å². The van der Waals surface area contributed by atoms with Gasteiger partial charge in [0.1, 0.15) is 0 Å². The molecule has 1 heterocycles. The molecule has 17 heavy (non-hydrogen) atoms. The molecule has 0 unspecified atom stereocenters. The number of aliphatic hydroxyl groups is 2. The minimum atomic E-state index is -1.90. The molecule has 0 fully saturated rings. The van der Waals surface area contributed by atoms with Gasteiger partial charge in [0.15, 0.2) is 12.1 Å². The van der Waals surface area contributed by atoms with E-state index in [1.165, 1.54) is 6.92 Å². The molecule has 0 aromatic heterocycles. The minimum Gasteiger partial charge on any atom is -0.386 e. The van der Waals surface area contributed by atoms with Crippen molar-refractivity contribution in [3.05, 3.63) is 34.4 Å². The van der Waals surface area contributed by atoms with Crippen LogP contribution in [0.2, 0.25) is 0 Å². The molecule has 1 aromatic rings. The summed E-state index contributed by atoms with van der Waals surface area (Å²) in [6.45, 7) is 1.22. The Labute approximate surface area is 95.4 Å². The van der Waals surface area contributed by atoms with Gasteiger partial charge in [0.05, 0.1) is 11.1 Å². The molecule has 0 saturated carbocycles. The first-order chi connectivity index (χ1) is 7.91. The molecular formula is C11H8O6. The van der Waals surface area contributed by atoms with Gasteiger partial charge in [-0.05, 0) is 19.1 Å². The van der Waals surface area contributed by atoms with Crippen LogP contribution in [0, 0.1) is 0 Å². The fraction of sp³-hybridized carbons (Fsp3) is 0.182. The SMILES string of the molecule is CC(=O)c1cc2c(cc1C(O)O)C(=O)OC2=O. The Balaban J connectivity index is 2.71. The average molecular weight is 236 g/mol. The van der Waals surface area contributed by atoms with E-state index in [0.29, 0.717) is 0 Å². The second-order valence-electron chi connectivity index (χ2n) is 3.59. The number of carbonyl (C=O) groups excluding carboxylic acids is 3.